The molecule has 0 aromatic heterocycles. The summed E-state index contributed by atoms with van der Waals surface area (Å²) in [5.41, 5.74) is 1.71. The quantitative estimate of drug-likeness (QED) is 0.554. The van der Waals surface area contributed by atoms with Crippen LogP contribution in [0.1, 0.15) is 12.5 Å². The maximum absolute atomic E-state index is 8.66. The van der Waals surface area contributed by atoms with Crippen molar-refractivity contribution in [1.29, 1.82) is 5.26 Å². The molecule has 0 bridgehead atoms. The minimum atomic E-state index is 0.727. The van der Waals surface area contributed by atoms with Crippen molar-refractivity contribution >= 4 is 5.57 Å². The summed E-state index contributed by atoms with van der Waals surface area (Å²) in [6, 6.07) is 11.8. The van der Waals surface area contributed by atoms with Crippen LogP contribution in [0.25, 0.3) is 5.57 Å². The molecule has 0 unspecified atom stereocenters. The topological polar surface area (TPSA) is 23.8 Å². The fraction of sp³-hybridized carbons (Fsp3) is 0.100. The number of allylic oxidation sites excluding steroid dienone is 2. The van der Waals surface area contributed by atoms with Crippen LogP contribution in [-0.2, 0) is 0 Å². The Morgan fingerprint density at radius 3 is 2.45 bits per heavy atom. The molecular formula is C10H9N. The number of hydrogen-bond acceptors (Lipinski definition) is 1. The summed E-state index contributed by atoms with van der Waals surface area (Å²) in [5, 5.41) is 8.66. The zero-order valence-electron chi connectivity index (χ0n) is 6.41. The summed E-state index contributed by atoms with van der Waals surface area (Å²) < 4.78 is 0. The van der Waals surface area contributed by atoms with Gasteiger partial charge in [0.05, 0.1) is 11.6 Å². The highest BCUT2D eigenvalue weighted by Crippen LogP contribution is 2.11. The van der Waals surface area contributed by atoms with Crippen molar-refractivity contribution in [2.75, 3.05) is 0 Å². The third kappa shape index (κ3) is 1.68. The molecule has 1 heteroatoms. The smallest absolute Gasteiger partial charge is 0.0994 e. The van der Waals surface area contributed by atoms with E-state index in [1.807, 2.05) is 43.3 Å². The standard InChI is InChI=1S/C10H9N/c1-2-9(8-11)10-6-4-3-5-7-10/h2-7H,1H3/b9-2-. The van der Waals surface area contributed by atoms with Crippen molar-refractivity contribution in [3.05, 3.63) is 42.0 Å². The Morgan fingerprint density at radius 1 is 1.36 bits per heavy atom. The second-order valence-corrected chi connectivity index (χ2v) is 2.18. The van der Waals surface area contributed by atoms with Gasteiger partial charge in [0.15, 0.2) is 0 Å². The predicted octanol–water partition coefficient (Wildman–Crippen LogP) is 2.61. The fourth-order valence-electron chi connectivity index (χ4n) is 0.913. The Balaban J connectivity index is 3.05. The highest BCUT2D eigenvalue weighted by Gasteiger charge is 1.94. The molecule has 54 valence electrons. The third-order valence-corrected chi connectivity index (χ3v) is 1.49. The first-order chi connectivity index (χ1) is 5.38. The summed E-state index contributed by atoms with van der Waals surface area (Å²) in [6.07, 6.45) is 1.81. The molecule has 0 atom stereocenters. The highest BCUT2D eigenvalue weighted by molar-refractivity contribution is 5.76. The molecule has 0 radical (unpaired) electrons. The Labute approximate surface area is 66.6 Å². The van der Waals surface area contributed by atoms with Crippen LogP contribution < -0.4 is 0 Å². The zero-order valence-corrected chi connectivity index (χ0v) is 6.41. The molecular weight excluding hydrogens is 134 g/mol. The summed E-state index contributed by atoms with van der Waals surface area (Å²) >= 11 is 0. The lowest BCUT2D eigenvalue weighted by Crippen LogP contribution is -1.77. The summed E-state index contributed by atoms with van der Waals surface area (Å²) in [4.78, 5) is 0. The van der Waals surface area contributed by atoms with E-state index >= 15 is 0 Å². The lowest BCUT2D eigenvalue weighted by molar-refractivity contribution is 1.51. The van der Waals surface area contributed by atoms with Gasteiger partial charge in [-0.15, -0.1) is 0 Å². The first-order valence-electron chi connectivity index (χ1n) is 3.50. The maximum atomic E-state index is 8.66. The van der Waals surface area contributed by atoms with Crippen molar-refractivity contribution in [3.8, 4) is 6.07 Å². The summed E-state index contributed by atoms with van der Waals surface area (Å²) in [7, 11) is 0. The van der Waals surface area contributed by atoms with E-state index in [-0.39, 0.29) is 0 Å². The highest BCUT2D eigenvalue weighted by atomic mass is 14.2. The van der Waals surface area contributed by atoms with E-state index in [0.29, 0.717) is 0 Å². The summed E-state index contributed by atoms with van der Waals surface area (Å²) in [6.45, 7) is 1.87. The molecule has 11 heavy (non-hydrogen) atoms. The van der Waals surface area contributed by atoms with Crippen LogP contribution in [0, 0.1) is 11.3 Å². The number of nitrogens with zero attached hydrogens (tertiary/aromatic N) is 1. The van der Waals surface area contributed by atoms with Gasteiger partial charge in [-0.25, -0.2) is 0 Å². The average Bonchev–Trinajstić information content (AvgIpc) is 2.09. The Morgan fingerprint density at radius 2 is 2.00 bits per heavy atom. The van der Waals surface area contributed by atoms with E-state index in [2.05, 4.69) is 6.07 Å². The van der Waals surface area contributed by atoms with Gasteiger partial charge in [-0.05, 0) is 12.5 Å². The number of hydrogen-bond donors (Lipinski definition) is 0. The molecule has 1 aromatic carbocycles. The largest absolute Gasteiger partial charge is 0.192 e. The Hall–Kier alpha value is -1.55. The van der Waals surface area contributed by atoms with Crippen molar-refractivity contribution in [3.63, 3.8) is 0 Å². The van der Waals surface area contributed by atoms with Crippen molar-refractivity contribution in [2.24, 2.45) is 0 Å². The van der Waals surface area contributed by atoms with Crippen LogP contribution in [0.2, 0.25) is 0 Å². The van der Waals surface area contributed by atoms with Crippen LogP contribution in [0.15, 0.2) is 36.4 Å². The van der Waals surface area contributed by atoms with Crippen LogP contribution >= 0.6 is 0 Å². The lowest BCUT2D eigenvalue weighted by Gasteiger charge is -1.94. The molecule has 0 heterocycles. The molecule has 0 saturated heterocycles. The Kier molecular flexibility index (Phi) is 2.46. The van der Waals surface area contributed by atoms with Gasteiger partial charge in [-0.3, -0.25) is 0 Å². The van der Waals surface area contributed by atoms with Crippen LogP contribution in [-0.4, -0.2) is 0 Å². The second kappa shape index (κ2) is 3.58. The monoisotopic (exact) mass is 143 g/mol. The minimum absolute atomic E-state index is 0.727. The van der Waals surface area contributed by atoms with Gasteiger partial charge in [0.25, 0.3) is 0 Å². The van der Waals surface area contributed by atoms with Gasteiger partial charge < -0.3 is 0 Å². The van der Waals surface area contributed by atoms with E-state index < -0.39 is 0 Å². The number of rotatable bonds is 1. The van der Waals surface area contributed by atoms with E-state index in [1.165, 1.54) is 0 Å². The first kappa shape index (κ1) is 7.56. The van der Waals surface area contributed by atoms with Crippen LogP contribution in [0.4, 0.5) is 0 Å². The Bertz CT molecular complexity index is 290. The maximum Gasteiger partial charge on any atom is 0.0994 e. The lowest BCUT2D eigenvalue weighted by atomic mass is 10.1. The fourth-order valence-corrected chi connectivity index (χ4v) is 0.913. The van der Waals surface area contributed by atoms with Gasteiger partial charge in [-0.1, -0.05) is 36.4 Å². The van der Waals surface area contributed by atoms with Crippen molar-refractivity contribution < 1.29 is 0 Å². The van der Waals surface area contributed by atoms with Gasteiger partial charge in [0.2, 0.25) is 0 Å². The van der Waals surface area contributed by atoms with E-state index in [4.69, 9.17) is 5.26 Å². The second-order valence-electron chi connectivity index (χ2n) is 2.18. The molecule has 0 N–H and O–H groups in total. The molecule has 0 amide bonds. The molecule has 1 aromatic rings. The van der Waals surface area contributed by atoms with Gasteiger partial charge in [0.1, 0.15) is 0 Å². The van der Waals surface area contributed by atoms with E-state index in [1.54, 1.807) is 0 Å². The average molecular weight is 143 g/mol. The zero-order chi connectivity index (χ0) is 8.10. The molecule has 0 aliphatic carbocycles. The van der Waals surface area contributed by atoms with E-state index in [0.717, 1.165) is 11.1 Å². The molecule has 0 spiro atoms. The van der Waals surface area contributed by atoms with E-state index in [9.17, 15) is 0 Å². The van der Waals surface area contributed by atoms with Crippen molar-refractivity contribution in [1.82, 2.24) is 0 Å². The van der Waals surface area contributed by atoms with Gasteiger partial charge >= 0.3 is 0 Å². The molecule has 0 aliphatic rings. The van der Waals surface area contributed by atoms with Crippen molar-refractivity contribution in [2.45, 2.75) is 6.92 Å². The normalized spacial score (nSPS) is 10.7. The SMILES string of the molecule is C/C=C(/C#N)c1ccccc1. The number of nitriles is 1. The molecule has 1 nitrogen and oxygen atoms in total. The van der Waals surface area contributed by atoms with Gasteiger partial charge in [0, 0.05) is 0 Å². The van der Waals surface area contributed by atoms with Gasteiger partial charge in [-0.2, -0.15) is 5.26 Å². The minimum Gasteiger partial charge on any atom is -0.192 e. The molecule has 0 saturated carbocycles. The summed E-state index contributed by atoms with van der Waals surface area (Å²) in [5.74, 6) is 0. The molecule has 0 fully saturated rings. The van der Waals surface area contributed by atoms with Crippen LogP contribution in [0.5, 0.6) is 0 Å². The first-order valence-corrected chi connectivity index (χ1v) is 3.50. The molecule has 1 rings (SSSR count). The van der Waals surface area contributed by atoms with Crippen LogP contribution in [0.3, 0.4) is 0 Å². The third-order valence-electron chi connectivity index (χ3n) is 1.49. The predicted molar refractivity (Wildman–Crippen MR) is 45.7 cm³/mol. The molecule has 0 aliphatic heterocycles. The number of benzene rings is 1.